The van der Waals surface area contributed by atoms with Crippen LogP contribution in [0, 0.1) is 11.8 Å². The van der Waals surface area contributed by atoms with E-state index in [2.05, 4.69) is 88.4 Å². The average molecular weight is 555 g/mol. The molecule has 0 saturated carbocycles. The molecule has 4 rings (SSSR count). The summed E-state index contributed by atoms with van der Waals surface area (Å²) in [6.07, 6.45) is 22.5. The van der Waals surface area contributed by atoms with Crippen molar-refractivity contribution in [3.8, 4) is 0 Å². The molecule has 0 bridgehead atoms. The van der Waals surface area contributed by atoms with Crippen LogP contribution in [0.4, 0.5) is 0 Å². The van der Waals surface area contributed by atoms with Crippen molar-refractivity contribution in [2.75, 3.05) is 13.2 Å². The molecule has 4 unspecified atom stereocenters. The number of hydrogen-bond donors (Lipinski definition) is 0. The summed E-state index contributed by atoms with van der Waals surface area (Å²) >= 11 is 0. The molecule has 1 nitrogen and oxygen atoms in total. The predicted octanol–water partition coefficient (Wildman–Crippen LogP) is 11.5. The summed E-state index contributed by atoms with van der Waals surface area (Å²) in [6.45, 7) is 11.0. The number of ether oxygens (including phenoxy) is 1. The predicted molar refractivity (Wildman–Crippen MR) is 178 cm³/mol. The van der Waals surface area contributed by atoms with Gasteiger partial charge in [0.15, 0.2) is 0 Å². The number of benzene rings is 2. The summed E-state index contributed by atoms with van der Waals surface area (Å²) in [5, 5.41) is 0. The van der Waals surface area contributed by atoms with Crippen LogP contribution in [0.15, 0.2) is 71.8 Å². The monoisotopic (exact) mass is 554 g/mol. The van der Waals surface area contributed by atoms with E-state index in [1.54, 1.807) is 0 Å². The van der Waals surface area contributed by atoms with Crippen LogP contribution in [0.2, 0.25) is 0 Å². The van der Waals surface area contributed by atoms with E-state index in [0.717, 1.165) is 37.9 Å². The molecule has 4 atom stereocenters. The van der Waals surface area contributed by atoms with Gasteiger partial charge in [0.1, 0.15) is 0 Å². The minimum atomic E-state index is 0.671. The van der Waals surface area contributed by atoms with Gasteiger partial charge in [-0.2, -0.15) is 0 Å². The Bertz CT molecular complexity index is 985. The van der Waals surface area contributed by atoms with Crippen molar-refractivity contribution < 1.29 is 4.74 Å². The van der Waals surface area contributed by atoms with Crippen LogP contribution in [-0.4, -0.2) is 13.2 Å². The van der Waals surface area contributed by atoms with Gasteiger partial charge < -0.3 is 4.74 Å². The van der Waals surface area contributed by atoms with Crippen LogP contribution in [0.5, 0.6) is 0 Å². The quantitative estimate of drug-likeness (QED) is 0.187. The first-order valence-corrected chi connectivity index (χ1v) is 17.1. The summed E-state index contributed by atoms with van der Waals surface area (Å²) in [4.78, 5) is 0. The Morgan fingerprint density at radius 1 is 0.634 bits per heavy atom. The number of rotatable bonds is 16. The number of aryl methyl sites for hydroxylation is 2. The summed E-state index contributed by atoms with van der Waals surface area (Å²) in [6, 6.07) is 19.1. The highest BCUT2D eigenvalue weighted by atomic mass is 16.5. The largest absolute Gasteiger partial charge is 0.373 e. The minimum Gasteiger partial charge on any atom is -0.373 e. The van der Waals surface area contributed by atoms with Crippen molar-refractivity contribution in [2.45, 2.75) is 129 Å². The Hall–Kier alpha value is -2.12. The topological polar surface area (TPSA) is 9.23 Å². The zero-order chi connectivity index (χ0) is 28.9. The van der Waals surface area contributed by atoms with Gasteiger partial charge in [-0.3, -0.25) is 0 Å². The maximum Gasteiger partial charge on any atom is 0.0681 e. The molecule has 0 saturated heterocycles. The molecule has 0 fully saturated rings. The smallest absolute Gasteiger partial charge is 0.0681 e. The fraction of sp³-hybridized carbons (Fsp3) is 0.600. The highest BCUT2D eigenvalue weighted by Gasteiger charge is 2.18. The third kappa shape index (κ3) is 10.6. The fourth-order valence-corrected chi connectivity index (χ4v) is 6.59. The van der Waals surface area contributed by atoms with E-state index in [0.29, 0.717) is 11.8 Å². The van der Waals surface area contributed by atoms with Gasteiger partial charge in [0.05, 0.1) is 13.2 Å². The Labute approximate surface area is 252 Å². The molecule has 1 heteroatoms. The Kier molecular flexibility index (Phi) is 13.3. The molecule has 0 spiro atoms. The first-order chi connectivity index (χ1) is 20.0. The van der Waals surface area contributed by atoms with Crippen LogP contribution in [0.25, 0.3) is 0 Å². The van der Waals surface area contributed by atoms with Crippen LogP contribution >= 0.6 is 0 Å². The van der Waals surface area contributed by atoms with E-state index in [-0.39, 0.29) is 0 Å². The average Bonchev–Trinajstić information content (AvgIpc) is 3.02. The third-order valence-electron chi connectivity index (χ3n) is 10.2. The van der Waals surface area contributed by atoms with E-state index >= 15 is 0 Å². The molecule has 41 heavy (non-hydrogen) atoms. The number of hydrogen-bond acceptors (Lipinski definition) is 1. The van der Waals surface area contributed by atoms with E-state index in [4.69, 9.17) is 4.74 Å². The van der Waals surface area contributed by atoms with E-state index in [1.165, 1.54) is 110 Å². The van der Waals surface area contributed by atoms with Gasteiger partial charge in [0.2, 0.25) is 0 Å². The van der Waals surface area contributed by atoms with Crippen LogP contribution in [0.3, 0.4) is 0 Å². The van der Waals surface area contributed by atoms with Gasteiger partial charge in [0, 0.05) is 0 Å². The molecule has 0 aliphatic heterocycles. The Morgan fingerprint density at radius 2 is 1.05 bits per heavy atom. The lowest BCUT2D eigenvalue weighted by atomic mass is 9.84. The van der Waals surface area contributed by atoms with Crippen molar-refractivity contribution in [3.05, 3.63) is 94.1 Å². The lowest BCUT2D eigenvalue weighted by molar-refractivity contribution is 0.172. The van der Waals surface area contributed by atoms with E-state index in [1.807, 2.05) is 0 Å². The van der Waals surface area contributed by atoms with Crippen LogP contribution < -0.4 is 0 Å². The third-order valence-corrected chi connectivity index (χ3v) is 10.2. The zero-order valence-electron chi connectivity index (χ0n) is 26.8. The highest BCUT2D eigenvalue weighted by molar-refractivity contribution is 5.29. The normalized spacial score (nSPS) is 20.8. The standard InChI is InChI=1S/C40H58O/c1-5-31(3)9-7-11-33-13-21-37(22-14-33)39-25-17-35(18-26-39)29-41-30-36-19-27-40(28-20-36)38-23-15-34(16-24-38)12-8-10-32(4)6-2/h13-17,19,21-24,31-32,39-40H,5-12,18,20,25-30H2,1-4H3. The fourth-order valence-electron chi connectivity index (χ4n) is 6.59. The lowest BCUT2D eigenvalue weighted by Gasteiger charge is -2.24. The van der Waals surface area contributed by atoms with Crippen molar-refractivity contribution in [1.82, 2.24) is 0 Å². The van der Waals surface area contributed by atoms with Gasteiger partial charge in [-0.25, -0.2) is 0 Å². The number of allylic oxidation sites excluding steroid dienone is 2. The van der Waals surface area contributed by atoms with Crippen LogP contribution in [-0.2, 0) is 17.6 Å². The second kappa shape index (κ2) is 17.1. The van der Waals surface area contributed by atoms with Crippen LogP contribution in [0.1, 0.15) is 139 Å². The summed E-state index contributed by atoms with van der Waals surface area (Å²) in [5.41, 5.74) is 9.04. The summed E-state index contributed by atoms with van der Waals surface area (Å²) < 4.78 is 6.21. The van der Waals surface area contributed by atoms with Gasteiger partial charge >= 0.3 is 0 Å². The SMILES string of the molecule is CCC(C)CCCc1ccc(C2CC=C(COCC3=CCC(c4ccc(CCCC(C)CC)cc4)CC3)CC2)cc1. The van der Waals surface area contributed by atoms with Gasteiger partial charge in [-0.1, -0.05) is 114 Å². The first-order valence-electron chi connectivity index (χ1n) is 17.1. The molecule has 0 aromatic heterocycles. The molecule has 0 N–H and O–H groups in total. The van der Waals surface area contributed by atoms with Crippen molar-refractivity contribution >= 4 is 0 Å². The van der Waals surface area contributed by atoms with Gasteiger partial charge in [-0.15, -0.1) is 0 Å². The van der Waals surface area contributed by atoms with E-state index in [9.17, 15) is 0 Å². The molecule has 2 aromatic rings. The molecular formula is C40H58O. The van der Waals surface area contributed by atoms with E-state index < -0.39 is 0 Å². The Morgan fingerprint density at radius 3 is 1.39 bits per heavy atom. The van der Waals surface area contributed by atoms with Crippen molar-refractivity contribution in [2.24, 2.45) is 11.8 Å². The molecule has 224 valence electrons. The highest BCUT2D eigenvalue weighted by Crippen LogP contribution is 2.34. The minimum absolute atomic E-state index is 0.671. The molecule has 0 heterocycles. The molecule has 0 amide bonds. The maximum absolute atomic E-state index is 6.21. The summed E-state index contributed by atoms with van der Waals surface area (Å²) in [7, 11) is 0. The molecule has 2 aliphatic carbocycles. The summed E-state index contributed by atoms with van der Waals surface area (Å²) in [5.74, 6) is 3.06. The Balaban J connectivity index is 1.13. The van der Waals surface area contributed by atoms with Crippen molar-refractivity contribution in [3.63, 3.8) is 0 Å². The maximum atomic E-state index is 6.21. The molecular weight excluding hydrogens is 496 g/mol. The van der Waals surface area contributed by atoms with Gasteiger partial charge in [0.25, 0.3) is 0 Å². The second-order valence-electron chi connectivity index (χ2n) is 13.5. The van der Waals surface area contributed by atoms with Crippen molar-refractivity contribution in [1.29, 1.82) is 0 Å². The first kappa shape index (κ1) is 31.8. The molecule has 0 radical (unpaired) electrons. The lowest BCUT2D eigenvalue weighted by Crippen LogP contribution is -2.11. The second-order valence-corrected chi connectivity index (χ2v) is 13.5. The molecule has 2 aliphatic rings. The van der Waals surface area contributed by atoms with Gasteiger partial charge in [-0.05, 0) is 121 Å². The zero-order valence-corrected chi connectivity index (χ0v) is 26.8. The molecule has 2 aromatic carbocycles.